The molecule has 1 unspecified atom stereocenters. The molecule has 0 aliphatic rings. The molecule has 0 saturated carbocycles. The van der Waals surface area contributed by atoms with E-state index >= 15 is 0 Å². The lowest BCUT2D eigenvalue weighted by molar-refractivity contribution is -0.196. The third kappa shape index (κ3) is 11.3. The highest BCUT2D eigenvalue weighted by atomic mass is 16.7. The Morgan fingerprint density at radius 3 is 2.14 bits per heavy atom. The molecule has 0 aromatic rings. The van der Waals surface area contributed by atoms with Gasteiger partial charge in [0.15, 0.2) is 5.79 Å². The Kier molecular flexibility index (Phi) is 11.9. The first kappa shape index (κ1) is 21.7. The highest BCUT2D eigenvalue weighted by Crippen LogP contribution is 2.21. The summed E-state index contributed by atoms with van der Waals surface area (Å²) in [6.45, 7) is 11.3. The lowest BCUT2D eigenvalue weighted by atomic mass is 9.94. The number of hydrogen-bond acceptors (Lipinski definition) is 2. The van der Waals surface area contributed by atoms with Crippen LogP contribution < -0.4 is 0 Å². The molecule has 0 N–H and O–H groups in total. The number of allylic oxidation sites excluding steroid dienone is 2. The lowest BCUT2D eigenvalue weighted by Crippen LogP contribution is -2.29. The molecule has 0 spiro atoms. The molecule has 0 aliphatic carbocycles. The zero-order chi connectivity index (χ0) is 17.0. The molecule has 0 saturated heterocycles. The van der Waals surface area contributed by atoms with E-state index in [0.29, 0.717) is 0 Å². The van der Waals surface area contributed by atoms with Crippen molar-refractivity contribution >= 4 is 0 Å². The molecule has 0 bridgehead atoms. The van der Waals surface area contributed by atoms with Crippen LogP contribution in [0.5, 0.6) is 0 Å². The highest BCUT2D eigenvalue weighted by molar-refractivity contribution is 4.98. The number of hydrogen-bond donors (Lipinski definition) is 0. The van der Waals surface area contributed by atoms with Gasteiger partial charge in [0, 0.05) is 20.6 Å². The Morgan fingerprint density at radius 1 is 1.00 bits per heavy atom. The molecular weight excluding hydrogens is 272 g/mol. The van der Waals surface area contributed by atoms with E-state index in [1.807, 2.05) is 6.92 Å². The molecule has 132 valence electrons. The van der Waals surface area contributed by atoms with Gasteiger partial charge >= 0.3 is 0 Å². The SMILES string of the molecule is COC(C)(CCC=C(C)CCCC(C)CCCC(C)C)OC. The minimum Gasteiger partial charge on any atom is -0.353 e. The largest absolute Gasteiger partial charge is 0.353 e. The van der Waals surface area contributed by atoms with Crippen LogP contribution in [-0.2, 0) is 9.47 Å². The summed E-state index contributed by atoms with van der Waals surface area (Å²) in [6, 6.07) is 0. The lowest BCUT2D eigenvalue weighted by Gasteiger charge is -2.25. The molecule has 0 fully saturated rings. The van der Waals surface area contributed by atoms with E-state index in [-0.39, 0.29) is 0 Å². The van der Waals surface area contributed by atoms with Crippen molar-refractivity contribution in [3.05, 3.63) is 11.6 Å². The summed E-state index contributed by atoms with van der Waals surface area (Å²) in [6.07, 6.45) is 12.3. The topological polar surface area (TPSA) is 18.5 Å². The monoisotopic (exact) mass is 312 g/mol. The minimum atomic E-state index is -0.443. The van der Waals surface area contributed by atoms with Crippen molar-refractivity contribution in [2.24, 2.45) is 11.8 Å². The Labute approximate surface area is 139 Å². The summed E-state index contributed by atoms with van der Waals surface area (Å²) in [5, 5.41) is 0. The van der Waals surface area contributed by atoms with Crippen molar-refractivity contribution in [2.75, 3.05) is 14.2 Å². The molecule has 1 atom stereocenters. The molecule has 0 aromatic heterocycles. The first-order chi connectivity index (χ1) is 10.3. The fraction of sp³-hybridized carbons (Fsp3) is 0.900. The third-order valence-corrected chi connectivity index (χ3v) is 4.70. The average molecular weight is 313 g/mol. The van der Waals surface area contributed by atoms with Crippen LogP contribution in [0.3, 0.4) is 0 Å². The summed E-state index contributed by atoms with van der Waals surface area (Å²) in [7, 11) is 3.42. The Morgan fingerprint density at radius 2 is 1.59 bits per heavy atom. The van der Waals surface area contributed by atoms with Gasteiger partial charge in [0.05, 0.1) is 0 Å². The van der Waals surface area contributed by atoms with E-state index in [4.69, 9.17) is 9.47 Å². The Balaban J connectivity index is 3.79. The molecule has 22 heavy (non-hydrogen) atoms. The second-order valence-electron chi connectivity index (χ2n) is 7.45. The third-order valence-electron chi connectivity index (χ3n) is 4.70. The maximum Gasteiger partial charge on any atom is 0.165 e. The molecular formula is C20H40O2. The number of rotatable bonds is 13. The average Bonchev–Trinajstić information content (AvgIpc) is 2.46. The van der Waals surface area contributed by atoms with E-state index in [9.17, 15) is 0 Å². The minimum absolute atomic E-state index is 0.443. The zero-order valence-electron chi connectivity index (χ0n) is 16.2. The molecule has 0 radical (unpaired) electrons. The predicted molar refractivity (Wildman–Crippen MR) is 97.1 cm³/mol. The Hall–Kier alpha value is -0.340. The van der Waals surface area contributed by atoms with Gasteiger partial charge in [-0.1, -0.05) is 58.1 Å². The molecule has 2 heteroatoms. The van der Waals surface area contributed by atoms with E-state index in [1.54, 1.807) is 14.2 Å². The maximum absolute atomic E-state index is 5.38. The van der Waals surface area contributed by atoms with Gasteiger partial charge in [-0.2, -0.15) is 0 Å². The van der Waals surface area contributed by atoms with Gasteiger partial charge in [-0.25, -0.2) is 0 Å². The van der Waals surface area contributed by atoms with Crippen molar-refractivity contribution in [3.8, 4) is 0 Å². The van der Waals surface area contributed by atoms with Crippen LogP contribution in [-0.4, -0.2) is 20.0 Å². The summed E-state index contributed by atoms with van der Waals surface area (Å²) in [5.41, 5.74) is 1.50. The van der Waals surface area contributed by atoms with Gasteiger partial charge in [0.25, 0.3) is 0 Å². The van der Waals surface area contributed by atoms with Crippen molar-refractivity contribution in [1.29, 1.82) is 0 Å². The van der Waals surface area contributed by atoms with Crippen LogP contribution in [0.25, 0.3) is 0 Å². The second kappa shape index (κ2) is 12.1. The second-order valence-corrected chi connectivity index (χ2v) is 7.45. The number of methoxy groups -OCH3 is 2. The van der Waals surface area contributed by atoms with Crippen LogP contribution in [0.15, 0.2) is 11.6 Å². The highest BCUT2D eigenvalue weighted by Gasteiger charge is 2.20. The predicted octanol–water partition coefficient (Wildman–Crippen LogP) is 6.35. The molecule has 2 nitrogen and oxygen atoms in total. The van der Waals surface area contributed by atoms with Gasteiger partial charge in [0.1, 0.15) is 0 Å². The van der Waals surface area contributed by atoms with Gasteiger partial charge in [0.2, 0.25) is 0 Å². The van der Waals surface area contributed by atoms with Crippen molar-refractivity contribution in [2.45, 2.75) is 91.8 Å². The summed E-state index contributed by atoms with van der Waals surface area (Å²) < 4.78 is 10.8. The van der Waals surface area contributed by atoms with Crippen LogP contribution >= 0.6 is 0 Å². The van der Waals surface area contributed by atoms with Crippen molar-refractivity contribution in [1.82, 2.24) is 0 Å². The van der Waals surface area contributed by atoms with Crippen LogP contribution in [0.2, 0.25) is 0 Å². The van der Waals surface area contributed by atoms with E-state index in [2.05, 4.69) is 33.8 Å². The molecule has 0 rings (SSSR count). The van der Waals surface area contributed by atoms with Crippen LogP contribution in [0.1, 0.15) is 86.0 Å². The fourth-order valence-electron chi connectivity index (χ4n) is 2.72. The quantitative estimate of drug-likeness (QED) is 0.291. The molecule has 0 heterocycles. The molecule has 0 amide bonds. The van der Waals surface area contributed by atoms with Gasteiger partial charge in [-0.3, -0.25) is 0 Å². The van der Waals surface area contributed by atoms with Gasteiger partial charge in [-0.15, -0.1) is 0 Å². The standard InChI is InChI=1S/C20H40O2/c1-17(2)11-8-12-18(3)13-9-14-19(4)15-10-16-20(5,21-6)22-7/h15,17-18H,8-14,16H2,1-7H3. The maximum atomic E-state index is 5.38. The van der Waals surface area contributed by atoms with E-state index in [0.717, 1.165) is 24.7 Å². The summed E-state index contributed by atoms with van der Waals surface area (Å²) in [4.78, 5) is 0. The van der Waals surface area contributed by atoms with E-state index in [1.165, 1.54) is 44.1 Å². The first-order valence-electron chi connectivity index (χ1n) is 9.09. The summed E-state index contributed by atoms with van der Waals surface area (Å²) >= 11 is 0. The van der Waals surface area contributed by atoms with Crippen molar-refractivity contribution in [3.63, 3.8) is 0 Å². The smallest absolute Gasteiger partial charge is 0.165 e. The van der Waals surface area contributed by atoms with E-state index < -0.39 is 5.79 Å². The van der Waals surface area contributed by atoms with Gasteiger partial charge < -0.3 is 9.47 Å². The summed E-state index contributed by atoms with van der Waals surface area (Å²) in [5.74, 6) is 1.28. The van der Waals surface area contributed by atoms with Crippen molar-refractivity contribution < 1.29 is 9.47 Å². The molecule has 0 aromatic carbocycles. The molecule has 0 aliphatic heterocycles. The first-order valence-corrected chi connectivity index (χ1v) is 9.09. The normalized spacial score (nSPS) is 14.6. The van der Waals surface area contributed by atoms with Gasteiger partial charge in [-0.05, 0) is 44.9 Å². The zero-order valence-corrected chi connectivity index (χ0v) is 16.2. The van der Waals surface area contributed by atoms with Crippen LogP contribution in [0, 0.1) is 11.8 Å². The van der Waals surface area contributed by atoms with Crippen LogP contribution in [0.4, 0.5) is 0 Å². The fourth-order valence-corrected chi connectivity index (χ4v) is 2.72. The number of ether oxygens (including phenoxy) is 2. The Bertz CT molecular complexity index is 290.